The van der Waals surface area contributed by atoms with E-state index < -0.39 is 0 Å². The molecular formula is C19H15N. The summed E-state index contributed by atoms with van der Waals surface area (Å²) in [5.41, 5.74) is 5.16. The van der Waals surface area contributed by atoms with Crippen molar-refractivity contribution in [2.45, 2.75) is 6.92 Å². The SMILES string of the molecule is Cc1ccccc1-c1c2ccccc2c2ccccn12. The number of hydrogen-bond acceptors (Lipinski definition) is 0. The lowest BCUT2D eigenvalue weighted by atomic mass is 10.0. The first-order chi connectivity index (χ1) is 9.86. The van der Waals surface area contributed by atoms with Crippen molar-refractivity contribution in [3.05, 3.63) is 78.5 Å². The third-order valence-corrected chi connectivity index (χ3v) is 3.96. The fraction of sp³-hybridized carbons (Fsp3) is 0.0526. The van der Waals surface area contributed by atoms with Gasteiger partial charge in [-0.15, -0.1) is 0 Å². The fourth-order valence-electron chi connectivity index (χ4n) is 3.01. The molecule has 0 saturated heterocycles. The number of rotatable bonds is 1. The first-order valence-corrected chi connectivity index (χ1v) is 6.90. The second kappa shape index (κ2) is 4.24. The Morgan fingerprint density at radius 3 is 2.25 bits per heavy atom. The fourth-order valence-corrected chi connectivity index (χ4v) is 3.01. The van der Waals surface area contributed by atoms with Crippen molar-refractivity contribution in [1.29, 1.82) is 0 Å². The zero-order valence-corrected chi connectivity index (χ0v) is 11.4. The maximum absolute atomic E-state index is 2.30. The summed E-state index contributed by atoms with van der Waals surface area (Å²) in [4.78, 5) is 0. The molecule has 4 rings (SSSR count). The van der Waals surface area contributed by atoms with Gasteiger partial charge in [0.05, 0.1) is 11.2 Å². The molecule has 0 aliphatic rings. The standard InChI is InChI=1S/C19H15N/c1-14-8-2-3-9-15(14)19-17-11-5-4-10-16(17)18-12-6-7-13-20(18)19/h2-13H,1H3. The van der Waals surface area contributed by atoms with Crippen LogP contribution in [0.1, 0.15) is 5.56 Å². The number of aromatic nitrogens is 1. The molecule has 0 aliphatic heterocycles. The first kappa shape index (κ1) is 11.3. The maximum atomic E-state index is 2.30. The van der Waals surface area contributed by atoms with Gasteiger partial charge < -0.3 is 4.40 Å². The highest BCUT2D eigenvalue weighted by atomic mass is 14.9. The van der Waals surface area contributed by atoms with E-state index in [0.29, 0.717) is 0 Å². The van der Waals surface area contributed by atoms with Crippen molar-refractivity contribution in [2.75, 3.05) is 0 Å². The molecule has 2 aromatic carbocycles. The first-order valence-electron chi connectivity index (χ1n) is 6.90. The molecule has 0 atom stereocenters. The van der Waals surface area contributed by atoms with E-state index in [0.717, 1.165) is 0 Å². The molecule has 0 saturated carbocycles. The van der Waals surface area contributed by atoms with Gasteiger partial charge in [0, 0.05) is 22.5 Å². The molecule has 20 heavy (non-hydrogen) atoms. The highest BCUT2D eigenvalue weighted by Crippen LogP contribution is 2.35. The summed E-state index contributed by atoms with van der Waals surface area (Å²) < 4.78 is 2.30. The summed E-state index contributed by atoms with van der Waals surface area (Å²) in [7, 11) is 0. The Hall–Kier alpha value is -2.54. The van der Waals surface area contributed by atoms with Gasteiger partial charge in [0.1, 0.15) is 0 Å². The number of nitrogens with zero attached hydrogens (tertiary/aromatic N) is 1. The maximum Gasteiger partial charge on any atom is 0.0609 e. The lowest BCUT2D eigenvalue weighted by Crippen LogP contribution is -1.89. The molecule has 4 aromatic rings. The minimum absolute atomic E-state index is 1.27. The minimum atomic E-state index is 1.27. The van der Waals surface area contributed by atoms with Crippen molar-refractivity contribution in [2.24, 2.45) is 0 Å². The van der Waals surface area contributed by atoms with Crippen LogP contribution in [0.5, 0.6) is 0 Å². The molecule has 96 valence electrons. The second-order valence-electron chi connectivity index (χ2n) is 5.16. The van der Waals surface area contributed by atoms with E-state index >= 15 is 0 Å². The summed E-state index contributed by atoms with van der Waals surface area (Å²) >= 11 is 0. The van der Waals surface area contributed by atoms with Crippen LogP contribution in [0.2, 0.25) is 0 Å². The molecule has 0 aliphatic carbocycles. The van der Waals surface area contributed by atoms with E-state index in [1.807, 2.05) is 0 Å². The highest BCUT2D eigenvalue weighted by molar-refractivity contribution is 6.06. The van der Waals surface area contributed by atoms with Crippen molar-refractivity contribution >= 4 is 16.3 Å². The molecule has 1 nitrogen and oxygen atoms in total. The van der Waals surface area contributed by atoms with Crippen LogP contribution >= 0.6 is 0 Å². The second-order valence-corrected chi connectivity index (χ2v) is 5.16. The predicted octanol–water partition coefficient (Wildman–Crippen LogP) is 5.07. The average molecular weight is 257 g/mol. The molecule has 2 heterocycles. The van der Waals surface area contributed by atoms with Crippen molar-refractivity contribution in [1.82, 2.24) is 4.40 Å². The molecule has 0 amide bonds. The Bertz CT molecular complexity index is 862. The van der Waals surface area contributed by atoms with Crippen LogP contribution in [0.25, 0.3) is 27.5 Å². The van der Waals surface area contributed by atoms with Crippen LogP contribution < -0.4 is 0 Å². The molecule has 0 bridgehead atoms. The van der Waals surface area contributed by atoms with E-state index in [1.54, 1.807) is 0 Å². The van der Waals surface area contributed by atoms with Crippen LogP contribution in [0, 0.1) is 6.92 Å². The van der Waals surface area contributed by atoms with Gasteiger partial charge in [-0.05, 0) is 24.6 Å². The molecule has 0 radical (unpaired) electrons. The van der Waals surface area contributed by atoms with Gasteiger partial charge in [-0.1, -0.05) is 54.6 Å². The van der Waals surface area contributed by atoms with Crippen molar-refractivity contribution < 1.29 is 0 Å². The van der Waals surface area contributed by atoms with E-state index in [2.05, 4.69) is 84.3 Å². The van der Waals surface area contributed by atoms with Crippen molar-refractivity contribution in [3.8, 4) is 11.3 Å². The van der Waals surface area contributed by atoms with Crippen LogP contribution in [-0.2, 0) is 0 Å². The largest absolute Gasteiger partial charge is 0.315 e. The Labute approximate surface area is 118 Å². The van der Waals surface area contributed by atoms with Gasteiger partial charge in [0.2, 0.25) is 0 Å². The van der Waals surface area contributed by atoms with Gasteiger partial charge in [-0.3, -0.25) is 0 Å². The number of aryl methyl sites for hydroxylation is 1. The van der Waals surface area contributed by atoms with Crippen LogP contribution in [0.4, 0.5) is 0 Å². The number of hydrogen-bond donors (Lipinski definition) is 0. The molecule has 0 unspecified atom stereocenters. The van der Waals surface area contributed by atoms with Crippen LogP contribution in [-0.4, -0.2) is 4.40 Å². The Balaban J connectivity index is 2.24. The normalized spacial score (nSPS) is 11.2. The third-order valence-electron chi connectivity index (χ3n) is 3.96. The van der Waals surface area contributed by atoms with E-state index in [4.69, 9.17) is 0 Å². The quantitative estimate of drug-likeness (QED) is 0.448. The number of pyridine rings is 1. The van der Waals surface area contributed by atoms with Gasteiger partial charge in [0.15, 0.2) is 0 Å². The Kier molecular flexibility index (Phi) is 2.40. The van der Waals surface area contributed by atoms with E-state index in [-0.39, 0.29) is 0 Å². The zero-order chi connectivity index (χ0) is 13.5. The lowest BCUT2D eigenvalue weighted by Gasteiger charge is -2.07. The van der Waals surface area contributed by atoms with E-state index in [9.17, 15) is 0 Å². The Morgan fingerprint density at radius 2 is 1.40 bits per heavy atom. The molecule has 0 fully saturated rings. The highest BCUT2D eigenvalue weighted by Gasteiger charge is 2.13. The summed E-state index contributed by atoms with van der Waals surface area (Å²) in [6, 6.07) is 23.6. The zero-order valence-electron chi connectivity index (χ0n) is 11.4. The summed E-state index contributed by atoms with van der Waals surface area (Å²) in [5.74, 6) is 0. The summed E-state index contributed by atoms with van der Waals surface area (Å²) in [6.07, 6.45) is 2.15. The summed E-state index contributed by atoms with van der Waals surface area (Å²) in [5, 5.41) is 2.62. The van der Waals surface area contributed by atoms with Gasteiger partial charge in [0.25, 0.3) is 0 Å². The topological polar surface area (TPSA) is 4.41 Å². The molecule has 2 aromatic heterocycles. The number of benzene rings is 2. The predicted molar refractivity (Wildman–Crippen MR) is 85.1 cm³/mol. The van der Waals surface area contributed by atoms with E-state index in [1.165, 1.54) is 33.1 Å². The lowest BCUT2D eigenvalue weighted by molar-refractivity contribution is 1.20. The third kappa shape index (κ3) is 1.50. The number of fused-ring (bicyclic) bond motifs is 3. The van der Waals surface area contributed by atoms with Gasteiger partial charge in [-0.2, -0.15) is 0 Å². The molecule has 0 N–H and O–H groups in total. The molecular weight excluding hydrogens is 242 g/mol. The van der Waals surface area contributed by atoms with Crippen molar-refractivity contribution in [3.63, 3.8) is 0 Å². The van der Waals surface area contributed by atoms with Crippen LogP contribution in [0.3, 0.4) is 0 Å². The summed E-state index contributed by atoms with van der Waals surface area (Å²) in [6.45, 7) is 2.17. The monoisotopic (exact) mass is 257 g/mol. The van der Waals surface area contributed by atoms with Gasteiger partial charge >= 0.3 is 0 Å². The van der Waals surface area contributed by atoms with Crippen LogP contribution in [0.15, 0.2) is 72.9 Å². The minimum Gasteiger partial charge on any atom is -0.315 e. The van der Waals surface area contributed by atoms with Gasteiger partial charge in [-0.25, -0.2) is 0 Å². The average Bonchev–Trinajstić information content (AvgIpc) is 2.83. The smallest absolute Gasteiger partial charge is 0.0609 e. The molecule has 1 heteroatoms. The molecule has 0 spiro atoms. The Morgan fingerprint density at radius 1 is 0.700 bits per heavy atom.